The van der Waals surface area contributed by atoms with Crippen LogP contribution in [-0.4, -0.2) is 4.98 Å². The van der Waals surface area contributed by atoms with E-state index in [-0.39, 0.29) is 45.2 Å². The van der Waals surface area contributed by atoms with Gasteiger partial charge in [0, 0.05) is 6.07 Å². The Morgan fingerprint density at radius 3 is 2.05 bits per heavy atom. The molecule has 22 heavy (non-hydrogen) atoms. The minimum atomic E-state index is -5.22. The number of benzene rings is 1. The van der Waals surface area contributed by atoms with E-state index in [1.165, 1.54) is 6.92 Å². The first kappa shape index (κ1) is 16.6. The van der Waals surface area contributed by atoms with E-state index in [1.54, 1.807) is 0 Å². The van der Waals surface area contributed by atoms with Crippen molar-refractivity contribution in [1.29, 1.82) is 0 Å². The number of aromatic nitrogens is 2. The van der Waals surface area contributed by atoms with Gasteiger partial charge in [-0.25, -0.2) is 4.73 Å². The van der Waals surface area contributed by atoms with Crippen LogP contribution in [0.2, 0.25) is 0 Å². The van der Waals surface area contributed by atoms with E-state index in [0.717, 1.165) is 0 Å². The minimum Gasteiger partial charge on any atom is -0.711 e. The molecule has 0 radical (unpaired) electrons. The zero-order valence-electron chi connectivity index (χ0n) is 10.8. The number of alkyl halides is 7. The van der Waals surface area contributed by atoms with Crippen LogP contribution in [0.1, 0.15) is 22.6 Å². The fraction of sp³-hybridized carbons (Fsp3) is 0.333. The van der Waals surface area contributed by atoms with E-state index in [2.05, 4.69) is 4.98 Å². The Bertz CT molecular complexity index is 741. The van der Waals surface area contributed by atoms with Crippen molar-refractivity contribution < 1.29 is 31.1 Å². The van der Waals surface area contributed by atoms with Crippen molar-refractivity contribution in [3.05, 3.63) is 40.0 Å². The lowest BCUT2D eigenvalue weighted by Gasteiger charge is -2.17. The molecule has 0 aliphatic carbocycles. The molecule has 10 heteroatoms. The summed E-state index contributed by atoms with van der Waals surface area (Å²) in [5, 5.41) is 11.4. The fourth-order valence-electron chi connectivity index (χ4n) is 2.01. The quantitative estimate of drug-likeness (QED) is 0.340. The summed E-state index contributed by atoms with van der Waals surface area (Å²) >= 11 is 5.45. The van der Waals surface area contributed by atoms with Gasteiger partial charge in [-0.15, -0.1) is 11.6 Å². The van der Waals surface area contributed by atoms with Crippen molar-refractivity contribution in [3.8, 4) is 0 Å². The van der Waals surface area contributed by atoms with Crippen molar-refractivity contribution in [2.75, 3.05) is 0 Å². The van der Waals surface area contributed by atoms with Crippen LogP contribution in [0.15, 0.2) is 12.1 Å². The van der Waals surface area contributed by atoms with E-state index in [1.807, 2.05) is 0 Å². The molecule has 0 spiro atoms. The average Bonchev–Trinajstić information content (AvgIpc) is 2.39. The lowest BCUT2D eigenvalue weighted by atomic mass is 10.0. The molecule has 0 atom stereocenters. The highest BCUT2D eigenvalue weighted by molar-refractivity contribution is 6.16. The second kappa shape index (κ2) is 5.15. The van der Waals surface area contributed by atoms with Gasteiger partial charge in [-0.1, -0.05) is 0 Å². The minimum absolute atomic E-state index is 0.197. The van der Waals surface area contributed by atoms with E-state index in [9.17, 15) is 31.5 Å². The van der Waals surface area contributed by atoms with Crippen LogP contribution in [0.3, 0.4) is 0 Å². The van der Waals surface area contributed by atoms with Crippen LogP contribution in [0.4, 0.5) is 26.3 Å². The Labute approximate surface area is 124 Å². The number of nitrogens with zero attached hydrogens (tertiary/aromatic N) is 2. The summed E-state index contributed by atoms with van der Waals surface area (Å²) in [6.07, 6.45) is -10.4. The molecule has 0 N–H and O–H groups in total. The van der Waals surface area contributed by atoms with Crippen molar-refractivity contribution in [2.24, 2.45) is 0 Å². The van der Waals surface area contributed by atoms with Gasteiger partial charge in [-0.2, -0.15) is 26.3 Å². The zero-order chi connectivity index (χ0) is 16.9. The second-order valence-corrected chi connectivity index (χ2v) is 4.72. The largest absolute Gasteiger partial charge is 0.711 e. The molecular weight excluding hydrogens is 338 g/mol. The van der Waals surface area contributed by atoms with Crippen molar-refractivity contribution in [3.63, 3.8) is 0 Å². The molecule has 1 aromatic carbocycles. The van der Waals surface area contributed by atoms with Gasteiger partial charge in [-0.05, 0) is 18.0 Å². The first-order valence-electron chi connectivity index (χ1n) is 5.74. The van der Waals surface area contributed by atoms with E-state index < -0.39 is 23.5 Å². The van der Waals surface area contributed by atoms with Gasteiger partial charge in [0.1, 0.15) is 11.6 Å². The summed E-state index contributed by atoms with van der Waals surface area (Å²) in [6.45, 7) is 1.18. The maximum Gasteiger partial charge on any atom is 0.417 e. The average molecular weight is 345 g/mol. The van der Waals surface area contributed by atoms with Gasteiger partial charge in [-0.3, -0.25) is 0 Å². The number of halogens is 7. The van der Waals surface area contributed by atoms with Crippen LogP contribution >= 0.6 is 11.6 Å². The maximum atomic E-state index is 12.9. The third kappa shape index (κ3) is 2.77. The van der Waals surface area contributed by atoms with E-state index >= 15 is 0 Å². The lowest BCUT2D eigenvalue weighted by molar-refractivity contribution is -0.621. The number of hydrogen-bond donors (Lipinski definition) is 0. The molecule has 2 aromatic rings. The highest BCUT2D eigenvalue weighted by Crippen LogP contribution is 2.42. The van der Waals surface area contributed by atoms with Crippen LogP contribution in [0.25, 0.3) is 10.9 Å². The first-order valence-corrected chi connectivity index (χ1v) is 6.27. The van der Waals surface area contributed by atoms with E-state index in [4.69, 9.17) is 11.6 Å². The standard InChI is InChI=1S/C12H7ClF6N2O/c1-5-6-2-7(11(14,15)16)8(12(17,18)19)3-9(6)20-10(4-13)21(5)22/h2-3H,4H2,1H3. The second-order valence-electron chi connectivity index (χ2n) is 4.45. The molecule has 1 heterocycles. The number of rotatable bonds is 1. The van der Waals surface area contributed by atoms with Gasteiger partial charge in [0.25, 0.3) is 0 Å². The van der Waals surface area contributed by atoms with Crippen LogP contribution in [0.5, 0.6) is 0 Å². The molecule has 3 nitrogen and oxygen atoms in total. The summed E-state index contributed by atoms with van der Waals surface area (Å²) in [7, 11) is 0. The number of hydrogen-bond acceptors (Lipinski definition) is 2. The molecule has 0 bridgehead atoms. The van der Waals surface area contributed by atoms with Crippen LogP contribution in [0, 0.1) is 12.1 Å². The predicted octanol–water partition coefficient (Wildman–Crippen LogP) is 3.95. The summed E-state index contributed by atoms with van der Waals surface area (Å²) in [5.41, 5.74) is -4.31. The SMILES string of the molecule is Cc1c2cc(C(F)(F)F)c(C(F)(F)F)cc2nc(CCl)[n+]1[O-]. The molecule has 1 aromatic heterocycles. The third-order valence-electron chi connectivity index (χ3n) is 3.04. The first-order chi connectivity index (χ1) is 9.96. The third-order valence-corrected chi connectivity index (χ3v) is 3.28. The summed E-state index contributed by atoms with van der Waals surface area (Å²) < 4.78 is 77.3. The molecule has 0 unspecified atom stereocenters. The van der Waals surface area contributed by atoms with Gasteiger partial charge in [0.15, 0.2) is 5.52 Å². The Balaban J connectivity index is 2.93. The highest BCUT2D eigenvalue weighted by atomic mass is 35.5. The Morgan fingerprint density at radius 2 is 1.59 bits per heavy atom. The van der Waals surface area contributed by atoms with Gasteiger partial charge in [0.2, 0.25) is 0 Å². The molecule has 120 valence electrons. The zero-order valence-corrected chi connectivity index (χ0v) is 11.6. The van der Waals surface area contributed by atoms with Gasteiger partial charge < -0.3 is 5.21 Å². The molecule has 0 fully saturated rings. The highest BCUT2D eigenvalue weighted by Gasteiger charge is 2.44. The lowest BCUT2D eigenvalue weighted by Crippen LogP contribution is -2.36. The number of aryl methyl sites for hydroxylation is 1. The molecule has 0 amide bonds. The monoisotopic (exact) mass is 344 g/mol. The van der Waals surface area contributed by atoms with Crippen molar-refractivity contribution in [2.45, 2.75) is 25.2 Å². The number of fused-ring (bicyclic) bond motifs is 1. The molecule has 2 rings (SSSR count). The van der Waals surface area contributed by atoms with Crippen LogP contribution < -0.4 is 4.73 Å². The maximum absolute atomic E-state index is 12.9. The summed E-state index contributed by atoms with van der Waals surface area (Å²) in [5.74, 6) is -0.678. The van der Waals surface area contributed by atoms with Gasteiger partial charge >= 0.3 is 18.2 Å². The fourth-order valence-corrected chi connectivity index (χ4v) is 2.18. The molecule has 0 saturated heterocycles. The molecular formula is C12H7ClF6N2O. The van der Waals surface area contributed by atoms with Gasteiger partial charge in [0.05, 0.1) is 16.5 Å². The summed E-state index contributed by atoms with van der Waals surface area (Å²) in [6, 6.07) is 0.564. The van der Waals surface area contributed by atoms with Crippen molar-refractivity contribution >= 4 is 22.5 Å². The molecule has 0 aliphatic heterocycles. The predicted molar refractivity (Wildman–Crippen MR) is 65.0 cm³/mol. The van der Waals surface area contributed by atoms with Crippen LogP contribution in [-0.2, 0) is 18.2 Å². The molecule has 0 saturated carbocycles. The Kier molecular flexibility index (Phi) is 3.88. The smallest absolute Gasteiger partial charge is 0.417 e. The topological polar surface area (TPSA) is 39.8 Å². The van der Waals surface area contributed by atoms with E-state index in [0.29, 0.717) is 0 Å². The molecule has 0 aliphatic rings. The normalized spacial score (nSPS) is 12.9. The Hall–Kier alpha value is -1.77. The van der Waals surface area contributed by atoms with Crippen molar-refractivity contribution in [1.82, 2.24) is 4.98 Å². The Morgan fingerprint density at radius 1 is 1.09 bits per heavy atom. The summed E-state index contributed by atoms with van der Waals surface area (Å²) in [4.78, 5) is 3.60.